The lowest BCUT2D eigenvalue weighted by atomic mass is 10.1. The summed E-state index contributed by atoms with van der Waals surface area (Å²) in [7, 11) is 0. The average Bonchev–Trinajstić information content (AvgIpc) is 2.95. The number of amides is 1. The minimum Gasteiger partial charge on any atom is -0.329 e. The van der Waals surface area contributed by atoms with E-state index in [1.165, 1.54) is 24.3 Å². The van der Waals surface area contributed by atoms with Crippen molar-refractivity contribution in [2.75, 3.05) is 6.54 Å². The molecule has 0 bridgehead atoms. The highest BCUT2D eigenvalue weighted by atomic mass is 35.5. The van der Waals surface area contributed by atoms with Crippen molar-refractivity contribution in [2.24, 2.45) is 0 Å². The maximum atomic E-state index is 12.3. The molecule has 0 aliphatic carbocycles. The fraction of sp³-hybridized carbons (Fsp3) is 0.250. The summed E-state index contributed by atoms with van der Waals surface area (Å²) in [6.45, 7) is 2.38. The van der Waals surface area contributed by atoms with E-state index >= 15 is 0 Å². The Labute approximate surface area is 129 Å². The number of aromatic nitrogens is 2. The van der Waals surface area contributed by atoms with Crippen LogP contribution in [-0.2, 0) is 6.18 Å². The summed E-state index contributed by atoms with van der Waals surface area (Å²) >= 11 is 0. The number of hydrogen-bond acceptors (Lipinski definition) is 5. The van der Waals surface area contributed by atoms with Gasteiger partial charge in [-0.3, -0.25) is 10.2 Å². The van der Waals surface area contributed by atoms with Crippen LogP contribution in [0.1, 0.15) is 23.2 Å². The van der Waals surface area contributed by atoms with Crippen LogP contribution < -0.4 is 10.9 Å². The van der Waals surface area contributed by atoms with Gasteiger partial charge in [0.25, 0.3) is 5.91 Å². The highest BCUT2D eigenvalue weighted by molar-refractivity contribution is 5.94. The summed E-state index contributed by atoms with van der Waals surface area (Å²) in [6.07, 6.45) is -4.68. The molecule has 0 aliphatic heterocycles. The fourth-order valence-electron chi connectivity index (χ4n) is 1.47. The molecule has 0 fully saturated rings. The van der Waals surface area contributed by atoms with E-state index in [1.54, 1.807) is 0 Å². The van der Waals surface area contributed by atoms with Crippen molar-refractivity contribution in [1.82, 2.24) is 21.0 Å². The molecule has 22 heavy (non-hydrogen) atoms. The number of carbonyl (C=O) groups excluding carboxylic acids is 1. The molecule has 120 valence electrons. The van der Waals surface area contributed by atoms with Crippen LogP contribution in [0.25, 0.3) is 11.4 Å². The second-order valence-electron chi connectivity index (χ2n) is 3.98. The predicted molar refractivity (Wildman–Crippen MR) is 73.1 cm³/mol. The van der Waals surface area contributed by atoms with E-state index in [9.17, 15) is 18.0 Å². The van der Waals surface area contributed by atoms with Crippen LogP contribution in [0.3, 0.4) is 0 Å². The van der Waals surface area contributed by atoms with E-state index in [0.29, 0.717) is 17.7 Å². The number of hydrazine groups is 1. The van der Waals surface area contributed by atoms with Crippen molar-refractivity contribution < 1.29 is 22.5 Å². The Morgan fingerprint density at radius 3 is 2.41 bits per heavy atom. The molecule has 0 saturated heterocycles. The van der Waals surface area contributed by atoms with E-state index in [1.807, 2.05) is 6.92 Å². The molecule has 6 nitrogen and oxygen atoms in total. The average molecular weight is 337 g/mol. The molecule has 10 heteroatoms. The number of halogens is 4. The van der Waals surface area contributed by atoms with Crippen LogP contribution in [0.5, 0.6) is 0 Å². The van der Waals surface area contributed by atoms with E-state index in [2.05, 4.69) is 25.5 Å². The number of carbonyl (C=O) groups is 1. The summed E-state index contributed by atoms with van der Waals surface area (Å²) in [4.78, 5) is 14.9. The summed E-state index contributed by atoms with van der Waals surface area (Å²) < 4.78 is 41.2. The van der Waals surface area contributed by atoms with Crippen LogP contribution >= 0.6 is 12.4 Å². The minimum absolute atomic E-state index is 0. The molecule has 2 N–H and O–H groups in total. The zero-order valence-electron chi connectivity index (χ0n) is 11.3. The standard InChI is InChI=1S/C12H11F3N4O2.ClH/c1-2-16-18-10(20)8-5-3-7(4-6-8)9-17-11(21-19-9)12(13,14)15;/h3-6,16H,2H2,1H3,(H,18,20);1H. The lowest BCUT2D eigenvalue weighted by Crippen LogP contribution is -2.36. The molecular weight excluding hydrogens is 325 g/mol. The molecule has 0 saturated carbocycles. The second kappa shape index (κ2) is 7.23. The molecule has 0 atom stereocenters. The number of hydrogen-bond donors (Lipinski definition) is 2. The van der Waals surface area contributed by atoms with Gasteiger partial charge in [0.05, 0.1) is 0 Å². The van der Waals surface area contributed by atoms with Crippen LogP contribution in [0.4, 0.5) is 13.2 Å². The number of nitrogens with zero attached hydrogens (tertiary/aromatic N) is 2. The van der Waals surface area contributed by atoms with Crippen LogP contribution in [-0.4, -0.2) is 22.6 Å². The normalized spacial score (nSPS) is 10.9. The minimum atomic E-state index is -4.68. The molecule has 1 aromatic heterocycles. The van der Waals surface area contributed by atoms with Gasteiger partial charge in [-0.2, -0.15) is 18.2 Å². The smallest absolute Gasteiger partial charge is 0.329 e. The first kappa shape index (κ1) is 17.9. The molecule has 1 amide bonds. The fourth-order valence-corrected chi connectivity index (χ4v) is 1.47. The summed E-state index contributed by atoms with van der Waals surface area (Å²) in [5.74, 6) is -1.96. The summed E-state index contributed by atoms with van der Waals surface area (Å²) in [6, 6.07) is 5.77. The largest absolute Gasteiger partial charge is 0.471 e. The van der Waals surface area contributed by atoms with Gasteiger partial charge < -0.3 is 4.52 Å². The van der Waals surface area contributed by atoms with E-state index in [0.717, 1.165) is 0 Å². The molecule has 1 aromatic carbocycles. The molecular formula is C12H12ClF3N4O2. The van der Waals surface area contributed by atoms with Crippen LogP contribution in [0, 0.1) is 0 Å². The van der Waals surface area contributed by atoms with Gasteiger partial charge in [-0.1, -0.05) is 24.2 Å². The molecule has 0 spiro atoms. The Balaban J connectivity index is 0.00000242. The van der Waals surface area contributed by atoms with Crippen molar-refractivity contribution in [3.8, 4) is 11.4 Å². The van der Waals surface area contributed by atoms with Crippen LogP contribution in [0.2, 0.25) is 0 Å². The Morgan fingerprint density at radius 1 is 1.27 bits per heavy atom. The van der Waals surface area contributed by atoms with Crippen molar-refractivity contribution in [3.05, 3.63) is 35.7 Å². The van der Waals surface area contributed by atoms with Crippen molar-refractivity contribution in [2.45, 2.75) is 13.1 Å². The Bertz CT molecular complexity index is 628. The highest BCUT2D eigenvalue weighted by Crippen LogP contribution is 2.29. The molecule has 1 heterocycles. The van der Waals surface area contributed by atoms with Gasteiger partial charge >= 0.3 is 12.1 Å². The second-order valence-corrected chi connectivity index (χ2v) is 3.98. The highest BCUT2D eigenvalue weighted by Gasteiger charge is 2.38. The molecule has 0 unspecified atom stereocenters. The third kappa shape index (κ3) is 4.18. The van der Waals surface area contributed by atoms with Gasteiger partial charge in [0.15, 0.2) is 0 Å². The number of nitrogens with one attached hydrogen (secondary N) is 2. The van der Waals surface area contributed by atoms with Gasteiger partial charge in [0, 0.05) is 17.7 Å². The zero-order chi connectivity index (χ0) is 15.5. The Morgan fingerprint density at radius 2 is 1.91 bits per heavy atom. The van der Waals surface area contributed by atoms with Crippen molar-refractivity contribution in [1.29, 1.82) is 0 Å². The van der Waals surface area contributed by atoms with Gasteiger partial charge in [0.1, 0.15) is 0 Å². The van der Waals surface area contributed by atoms with Crippen molar-refractivity contribution >= 4 is 18.3 Å². The monoisotopic (exact) mass is 336 g/mol. The van der Waals surface area contributed by atoms with E-state index in [4.69, 9.17) is 0 Å². The number of benzene rings is 1. The Hall–Kier alpha value is -2.13. The molecule has 2 rings (SSSR count). The number of rotatable bonds is 4. The van der Waals surface area contributed by atoms with Gasteiger partial charge in [-0.15, -0.1) is 12.4 Å². The van der Waals surface area contributed by atoms with Crippen LogP contribution in [0.15, 0.2) is 28.8 Å². The first-order valence-electron chi connectivity index (χ1n) is 5.96. The first-order valence-corrected chi connectivity index (χ1v) is 5.96. The molecule has 0 radical (unpaired) electrons. The Kier molecular flexibility index (Phi) is 5.89. The topological polar surface area (TPSA) is 80.0 Å². The maximum Gasteiger partial charge on any atom is 0.471 e. The van der Waals surface area contributed by atoms with Gasteiger partial charge in [-0.05, 0) is 12.1 Å². The maximum absolute atomic E-state index is 12.3. The molecule has 0 aliphatic rings. The third-order valence-corrected chi connectivity index (χ3v) is 2.45. The van der Waals surface area contributed by atoms with E-state index in [-0.39, 0.29) is 24.1 Å². The van der Waals surface area contributed by atoms with E-state index < -0.39 is 12.1 Å². The summed E-state index contributed by atoms with van der Waals surface area (Å²) in [5.41, 5.74) is 5.75. The summed E-state index contributed by atoms with van der Waals surface area (Å²) in [5, 5.41) is 3.26. The van der Waals surface area contributed by atoms with Gasteiger partial charge in [0.2, 0.25) is 5.82 Å². The first-order chi connectivity index (χ1) is 9.91. The predicted octanol–water partition coefficient (Wildman–Crippen LogP) is 2.43. The third-order valence-electron chi connectivity index (χ3n) is 2.45. The SMILES string of the molecule is CCNNC(=O)c1ccc(-c2noc(C(F)(F)F)n2)cc1.Cl. The molecule has 2 aromatic rings. The zero-order valence-corrected chi connectivity index (χ0v) is 12.1. The quantitative estimate of drug-likeness (QED) is 0.838. The van der Waals surface area contributed by atoms with Gasteiger partial charge in [-0.25, -0.2) is 5.43 Å². The lowest BCUT2D eigenvalue weighted by Gasteiger charge is -2.04. The van der Waals surface area contributed by atoms with Crippen molar-refractivity contribution in [3.63, 3.8) is 0 Å². The number of alkyl halides is 3. The lowest BCUT2D eigenvalue weighted by molar-refractivity contribution is -0.159.